The summed E-state index contributed by atoms with van der Waals surface area (Å²) in [6.45, 7) is 0. The Morgan fingerprint density at radius 2 is 2.04 bits per heavy atom. The molecule has 1 aliphatic carbocycles. The maximum absolute atomic E-state index is 13.1. The van der Waals surface area contributed by atoms with E-state index in [1.165, 1.54) is 4.90 Å². The minimum Gasteiger partial charge on any atom is -0.483 e. The Hall–Kier alpha value is -2.08. The van der Waals surface area contributed by atoms with Crippen molar-refractivity contribution >= 4 is 11.9 Å². The molecule has 23 heavy (non-hydrogen) atoms. The monoisotopic (exact) mass is 315 g/mol. The summed E-state index contributed by atoms with van der Waals surface area (Å²) in [6.07, 6.45) is 3.34. The second kappa shape index (κ2) is 4.71. The zero-order valence-electron chi connectivity index (χ0n) is 13.4. The summed E-state index contributed by atoms with van der Waals surface area (Å²) in [6, 6.07) is 7.68. The minimum absolute atomic E-state index is 0.101. The summed E-state index contributed by atoms with van der Waals surface area (Å²) in [7, 11) is 3.40. The smallest absolute Gasteiger partial charge is 0.266 e. The van der Waals surface area contributed by atoms with Gasteiger partial charge in [-0.1, -0.05) is 18.2 Å². The lowest BCUT2D eigenvalue weighted by Gasteiger charge is -2.43. The van der Waals surface area contributed by atoms with Crippen LogP contribution in [-0.4, -0.2) is 42.6 Å². The Morgan fingerprint density at radius 1 is 1.35 bits per heavy atom. The Morgan fingerprint density at radius 3 is 2.65 bits per heavy atom. The highest BCUT2D eigenvalue weighted by molar-refractivity contribution is 6.08. The van der Waals surface area contributed by atoms with E-state index < -0.39 is 11.1 Å². The number of rotatable bonds is 1. The highest BCUT2D eigenvalue weighted by Crippen LogP contribution is 2.58. The fourth-order valence-electron chi connectivity index (χ4n) is 4.26. The lowest BCUT2D eigenvalue weighted by molar-refractivity contribution is -0.140. The molecule has 2 N–H and O–H groups in total. The fourth-order valence-corrected chi connectivity index (χ4v) is 4.26. The zero-order valence-corrected chi connectivity index (χ0v) is 13.4. The van der Waals surface area contributed by atoms with E-state index in [1.807, 2.05) is 24.3 Å². The molecule has 4 rings (SSSR count). The van der Waals surface area contributed by atoms with Crippen molar-refractivity contribution in [2.24, 2.45) is 10.7 Å². The molecule has 2 spiro atoms. The molecule has 1 amide bonds. The largest absolute Gasteiger partial charge is 0.483 e. The van der Waals surface area contributed by atoms with Gasteiger partial charge in [-0.3, -0.25) is 9.69 Å². The van der Waals surface area contributed by atoms with Crippen LogP contribution >= 0.6 is 0 Å². The van der Waals surface area contributed by atoms with Crippen molar-refractivity contribution in [2.75, 3.05) is 14.2 Å². The number of ether oxygens (including phenoxy) is 2. The summed E-state index contributed by atoms with van der Waals surface area (Å²) in [5.74, 6) is 0.892. The van der Waals surface area contributed by atoms with E-state index in [9.17, 15) is 4.79 Å². The van der Waals surface area contributed by atoms with Crippen LogP contribution in [0.3, 0.4) is 0 Å². The number of methoxy groups -OCH3 is 1. The maximum Gasteiger partial charge on any atom is 0.266 e. The van der Waals surface area contributed by atoms with E-state index in [-0.39, 0.29) is 18.0 Å². The molecule has 1 aromatic carbocycles. The van der Waals surface area contributed by atoms with E-state index >= 15 is 0 Å². The quantitative estimate of drug-likeness (QED) is 0.849. The first-order valence-electron chi connectivity index (χ1n) is 7.99. The van der Waals surface area contributed by atoms with Gasteiger partial charge in [-0.15, -0.1) is 0 Å². The summed E-state index contributed by atoms with van der Waals surface area (Å²) >= 11 is 0. The standard InChI is InChI=1S/C17H21N3O3/c1-20-14(21)17(19-15(20)18)12-5-3-4-6-13(12)23-16(17)9-7-11(22-2)8-10-16/h3-6,11H,7-10H2,1-2H3,(H2,18,19). The maximum atomic E-state index is 13.1. The van der Waals surface area contributed by atoms with Crippen LogP contribution in [0.2, 0.25) is 0 Å². The molecule has 1 aromatic rings. The van der Waals surface area contributed by atoms with Gasteiger partial charge in [0.25, 0.3) is 5.91 Å². The van der Waals surface area contributed by atoms with Gasteiger partial charge in [-0.05, 0) is 31.7 Å². The van der Waals surface area contributed by atoms with Crippen LogP contribution in [0.4, 0.5) is 0 Å². The van der Waals surface area contributed by atoms with Gasteiger partial charge in [-0.25, -0.2) is 4.99 Å². The Balaban J connectivity index is 1.87. The van der Waals surface area contributed by atoms with Gasteiger partial charge in [0, 0.05) is 19.7 Å². The second-order valence-corrected chi connectivity index (χ2v) is 6.57. The van der Waals surface area contributed by atoms with E-state index in [4.69, 9.17) is 15.2 Å². The molecule has 0 bridgehead atoms. The normalized spacial score (nSPS) is 35.6. The van der Waals surface area contributed by atoms with Crippen molar-refractivity contribution in [3.8, 4) is 5.75 Å². The highest BCUT2D eigenvalue weighted by atomic mass is 16.5. The van der Waals surface area contributed by atoms with Gasteiger partial charge < -0.3 is 15.2 Å². The van der Waals surface area contributed by atoms with Gasteiger partial charge in [-0.2, -0.15) is 0 Å². The molecule has 2 heterocycles. The Bertz CT molecular complexity index is 694. The molecule has 0 aromatic heterocycles. The number of nitrogens with two attached hydrogens (primary N) is 1. The van der Waals surface area contributed by atoms with Crippen LogP contribution < -0.4 is 10.5 Å². The van der Waals surface area contributed by atoms with Crippen LogP contribution in [0, 0.1) is 0 Å². The van der Waals surface area contributed by atoms with Gasteiger partial charge in [0.15, 0.2) is 5.96 Å². The molecule has 1 atom stereocenters. The van der Waals surface area contributed by atoms with Gasteiger partial charge in [0.2, 0.25) is 5.54 Å². The number of guanidine groups is 1. The van der Waals surface area contributed by atoms with Crippen molar-refractivity contribution in [3.05, 3.63) is 29.8 Å². The van der Waals surface area contributed by atoms with Crippen molar-refractivity contribution in [1.82, 2.24) is 4.90 Å². The Labute approximate surface area is 135 Å². The van der Waals surface area contributed by atoms with Gasteiger partial charge in [0.05, 0.1) is 6.10 Å². The van der Waals surface area contributed by atoms with Crippen LogP contribution in [0.15, 0.2) is 29.3 Å². The number of aliphatic imine (C=N–C) groups is 1. The topological polar surface area (TPSA) is 77.2 Å². The molecule has 0 saturated heterocycles. The lowest BCUT2D eigenvalue weighted by atomic mass is 9.68. The molecule has 0 radical (unpaired) electrons. The van der Waals surface area contributed by atoms with E-state index in [2.05, 4.69) is 4.99 Å². The molecular formula is C17H21N3O3. The number of fused-ring (bicyclic) bond motifs is 3. The first-order valence-corrected chi connectivity index (χ1v) is 7.99. The minimum atomic E-state index is -1.05. The third kappa shape index (κ3) is 1.67. The molecule has 6 nitrogen and oxygen atoms in total. The van der Waals surface area contributed by atoms with Crippen molar-refractivity contribution in [3.63, 3.8) is 0 Å². The average Bonchev–Trinajstić information content (AvgIpc) is 2.97. The first kappa shape index (κ1) is 14.5. The van der Waals surface area contributed by atoms with Gasteiger partial charge in [0.1, 0.15) is 11.4 Å². The van der Waals surface area contributed by atoms with Gasteiger partial charge >= 0.3 is 0 Å². The van der Waals surface area contributed by atoms with Crippen LogP contribution in [0.5, 0.6) is 5.75 Å². The number of carbonyl (C=O) groups is 1. The fraction of sp³-hybridized carbons (Fsp3) is 0.529. The molecular weight excluding hydrogens is 294 g/mol. The molecule has 1 saturated carbocycles. The third-order valence-electron chi connectivity index (χ3n) is 5.56. The van der Waals surface area contributed by atoms with Crippen molar-refractivity contribution < 1.29 is 14.3 Å². The SMILES string of the molecule is COC1CCC2(CC1)Oc1ccccc1C21N=C(N)N(C)C1=O. The summed E-state index contributed by atoms with van der Waals surface area (Å²) in [5, 5.41) is 0. The summed E-state index contributed by atoms with van der Waals surface area (Å²) in [5.41, 5.74) is 5.10. The van der Waals surface area contributed by atoms with E-state index in [1.54, 1.807) is 14.2 Å². The number of likely N-dealkylation sites (N-methyl/N-ethyl adjacent to an activating group) is 1. The van der Waals surface area contributed by atoms with Crippen LogP contribution in [0.25, 0.3) is 0 Å². The van der Waals surface area contributed by atoms with Crippen LogP contribution in [0.1, 0.15) is 31.2 Å². The molecule has 3 aliphatic rings. The van der Waals surface area contributed by atoms with Crippen molar-refractivity contribution in [1.29, 1.82) is 0 Å². The molecule has 1 unspecified atom stereocenters. The molecule has 122 valence electrons. The summed E-state index contributed by atoms with van der Waals surface area (Å²) in [4.78, 5) is 19.2. The predicted molar refractivity (Wildman–Crippen MR) is 85.1 cm³/mol. The average molecular weight is 315 g/mol. The number of carbonyl (C=O) groups excluding carboxylic acids is 1. The van der Waals surface area contributed by atoms with E-state index in [0.29, 0.717) is 0 Å². The number of amides is 1. The molecule has 1 fully saturated rings. The molecule has 6 heteroatoms. The zero-order chi connectivity index (χ0) is 16.2. The van der Waals surface area contributed by atoms with E-state index in [0.717, 1.165) is 37.0 Å². The Kier molecular flexibility index (Phi) is 2.97. The number of hydrogen-bond donors (Lipinski definition) is 1. The first-order chi connectivity index (χ1) is 11.0. The van der Waals surface area contributed by atoms with Crippen LogP contribution in [-0.2, 0) is 15.1 Å². The lowest BCUT2D eigenvalue weighted by Crippen LogP contribution is -2.57. The third-order valence-corrected chi connectivity index (χ3v) is 5.56. The number of para-hydroxylation sites is 1. The highest BCUT2D eigenvalue weighted by Gasteiger charge is 2.68. The molecule has 2 aliphatic heterocycles. The number of benzene rings is 1. The van der Waals surface area contributed by atoms with Crippen molar-refractivity contribution in [2.45, 2.75) is 42.9 Å². The summed E-state index contributed by atoms with van der Waals surface area (Å²) < 4.78 is 11.8. The number of hydrogen-bond acceptors (Lipinski definition) is 5. The second-order valence-electron chi connectivity index (χ2n) is 6.57. The predicted octanol–water partition coefficient (Wildman–Crippen LogP) is 1.39. The number of nitrogens with zero attached hydrogens (tertiary/aromatic N) is 2.